The topological polar surface area (TPSA) is 104 Å². The van der Waals surface area contributed by atoms with Crippen LogP contribution in [0.3, 0.4) is 0 Å². The van der Waals surface area contributed by atoms with Crippen molar-refractivity contribution >= 4 is 17.3 Å². The Morgan fingerprint density at radius 1 is 1.32 bits per heavy atom. The van der Waals surface area contributed by atoms with Gasteiger partial charge in [0.15, 0.2) is 0 Å². The number of fused-ring (bicyclic) bond motifs is 1. The zero-order chi connectivity index (χ0) is 19.9. The van der Waals surface area contributed by atoms with Crippen molar-refractivity contribution in [2.75, 3.05) is 19.5 Å². The van der Waals surface area contributed by atoms with Crippen molar-refractivity contribution in [3.8, 4) is 17.5 Å². The maximum Gasteiger partial charge on any atom is 1.00 e. The standard InChI is InChI=1S/C17H14N5.C3H7NO2.2CH3.K/c18-10-12-8-15-4-5-17(22(15)20-11-12)16-9-14(6-7-19-16)21-13-2-1-3-13;1-4-3(5)6-2;;;/h4-5,7-9,11,13H,1-3H2,(H,19,21);1-2H3,(H,4,5);2*1H3;/q-1;;2*-1;+1. The van der Waals surface area contributed by atoms with E-state index >= 15 is 0 Å². The number of amides is 1. The van der Waals surface area contributed by atoms with Crippen LogP contribution in [0, 0.1) is 32.3 Å². The fourth-order valence-electron chi connectivity index (χ4n) is 2.74. The first-order valence-corrected chi connectivity index (χ1v) is 8.93. The van der Waals surface area contributed by atoms with Crippen LogP contribution in [0.1, 0.15) is 24.8 Å². The molecule has 3 aromatic rings. The van der Waals surface area contributed by atoms with Crippen LogP contribution >= 0.6 is 0 Å². The largest absolute Gasteiger partial charge is 1.00 e. The molecule has 1 fully saturated rings. The van der Waals surface area contributed by atoms with E-state index in [2.05, 4.69) is 37.6 Å². The molecule has 31 heavy (non-hydrogen) atoms. The summed E-state index contributed by atoms with van der Waals surface area (Å²) in [6.45, 7) is 0. The second kappa shape index (κ2) is 14.2. The van der Waals surface area contributed by atoms with Crippen molar-refractivity contribution < 1.29 is 60.9 Å². The normalized spacial score (nSPS) is 11.6. The van der Waals surface area contributed by atoms with Gasteiger partial charge in [-0.15, -0.1) is 5.69 Å². The van der Waals surface area contributed by atoms with Crippen LogP contribution in [-0.2, 0) is 4.74 Å². The van der Waals surface area contributed by atoms with Crippen LogP contribution in [0.5, 0.6) is 0 Å². The quantitative estimate of drug-likeness (QED) is 0.458. The van der Waals surface area contributed by atoms with E-state index in [4.69, 9.17) is 5.26 Å². The fraction of sp³-hybridized carbons (Fsp3) is 0.273. The minimum absolute atomic E-state index is 0. The molecule has 0 unspecified atom stereocenters. The average Bonchev–Trinajstić information content (AvgIpc) is 3.14. The van der Waals surface area contributed by atoms with E-state index in [1.807, 2.05) is 24.3 Å². The predicted octanol–water partition coefficient (Wildman–Crippen LogP) is 0.909. The second-order valence-electron chi connectivity index (χ2n) is 6.27. The van der Waals surface area contributed by atoms with E-state index in [1.165, 1.54) is 33.4 Å². The summed E-state index contributed by atoms with van der Waals surface area (Å²) in [6.07, 6.45) is 6.59. The number of nitrogens with one attached hydrogen (secondary N) is 2. The van der Waals surface area contributed by atoms with Crippen LogP contribution in [0.15, 0.2) is 36.7 Å². The number of carbonyl (C=O) groups excluding carboxylic acids is 1. The van der Waals surface area contributed by atoms with E-state index < -0.39 is 6.09 Å². The van der Waals surface area contributed by atoms with Crippen molar-refractivity contribution in [3.63, 3.8) is 0 Å². The Kier molecular flexibility index (Phi) is 13.3. The van der Waals surface area contributed by atoms with Crippen molar-refractivity contribution in [2.24, 2.45) is 0 Å². The summed E-state index contributed by atoms with van der Waals surface area (Å²) in [4.78, 5) is 14.3. The smallest absolute Gasteiger partial charge is 0.453 e. The van der Waals surface area contributed by atoms with E-state index in [-0.39, 0.29) is 66.2 Å². The number of methoxy groups -OCH3 is 1. The Morgan fingerprint density at radius 3 is 2.61 bits per heavy atom. The number of alkyl carbamates (subject to hydrolysis) is 1. The van der Waals surface area contributed by atoms with Gasteiger partial charge in [0.1, 0.15) is 6.07 Å². The van der Waals surface area contributed by atoms with Gasteiger partial charge in [-0.05, 0) is 37.5 Å². The number of rotatable bonds is 3. The van der Waals surface area contributed by atoms with E-state index in [0.717, 1.165) is 22.6 Å². The molecule has 4 rings (SSSR count). The molecule has 0 saturated heterocycles. The van der Waals surface area contributed by atoms with Crippen LogP contribution in [0.4, 0.5) is 10.5 Å². The van der Waals surface area contributed by atoms with Gasteiger partial charge in [-0.1, -0.05) is 6.20 Å². The van der Waals surface area contributed by atoms with Crippen LogP contribution in [0.25, 0.3) is 16.9 Å². The van der Waals surface area contributed by atoms with E-state index in [9.17, 15) is 4.79 Å². The molecule has 0 spiro atoms. The third kappa shape index (κ3) is 7.59. The number of nitriles is 1. The summed E-state index contributed by atoms with van der Waals surface area (Å²) < 4.78 is 5.95. The molecule has 3 heterocycles. The molecular formula is C22H27KN6O2-2. The van der Waals surface area contributed by atoms with Crippen molar-refractivity contribution in [3.05, 3.63) is 63.1 Å². The number of pyridine rings is 1. The van der Waals surface area contributed by atoms with Gasteiger partial charge in [0, 0.05) is 18.8 Å². The molecule has 2 N–H and O–H groups in total. The number of nitrogens with zero attached hydrogens (tertiary/aromatic N) is 4. The maximum atomic E-state index is 9.85. The van der Waals surface area contributed by atoms with E-state index in [0.29, 0.717) is 11.6 Å². The fourth-order valence-corrected chi connectivity index (χ4v) is 2.74. The second-order valence-corrected chi connectivity index (χ2v) is 6.27. The van der Waals surface area contributed by atoms with Gasteiger partial charge in [-0.2, -0.15) is 16.4 Å². The molecule has 1 saturated carbocycles. The Balaban J connectivity index is 0.000000893. The van der Waals surface area contributed by atoms with Gasteiger partial charge >= 0.3 is 57.5 Å². The molecular weight excluding hydrogens is 419 g/mol. The minimum Gasteiger partial charge on any atom is -0.453 e. The number of aromatic nitrogens is 3. The summed E-state index contributed by atoms with van der Waals surface area (Å²) in [5, 5.41) is 19.0. The summed E-state index contributed by atoms with van der Waals surface area (Å²) in [6, 6.07) is 13.5. The molecule has 0 aliphatic heterocycles. The van der Waals surface area contributed by atoms with Gasteiger partial charge in [-0.25, -0.2) is 15.4 Å². The van der Waals surface area contributed by atoms with Gasteiger partial charge in [-0.3, -0.25) is 4.98 Å². The molecule has 9 heteroatoms. The number of carbonyl (C=O) groups is 1. The zero-order valence-corrected chi connectivity index (χ0v) is 21.9. The predicted molar refractivity (Wildman–Crippen MR) is 118 cm³/mol. The summed E-state index contributed by atoms with van der Waals surface area (Å²) in [5.41, 5.74) is 4.16. The molecule has 1 aliphatic carbocycles. The third-order valence-electron chi connectivity index (χ3n) is 4.45. The van der Waals surface area contributed by atoms with Gasteiger partial charge < -0.3 is 30.2 Å². The number of hydrogen-bond donors (Lipinski definition) is 2. The van der Waals surface area contributed by atoms with Crippen molar-refractivity contribution in [1.29, 1.82) is 5.26 Å². The van der Waals surface area contributed by atoms with Gasteiger partial charge in [0.25, 0.3) is 0 Å². The summed E-state index contributed by atoms with van der Waals surface area (Å²) in [7, 11) is 2.82. The number of anilines is 1. The molecule has 0 aromatic carbocycles. The SMILES string of the molecule is CNC(=O)OC.N#Cc1cnn2c(-c3cc(NC4CCC4)[c-]cn3)ccc2c1.[CH3-].[CH3-].[K+]. The van der Waals surface area contributed by atoms with Crippen molar-refractivity contribution in [1.82, 2.24) is 19.9 Å². The molecule has 3 aromatic heterocycles. The average molecular weight is 447 g/mol. The van der Waals surface area contributed by atoms with Crippen LogP contribution in [0.2, 0.25) is 0 Å². The zero-order valence-electron chi connectivity index (χ0n) is 18.8. The first kappa shape index (κ1) is 29.0. The number of ether oxygens (including phenoxy) is 1. The summed E-state index contributed by atoms with van der Waals surface area (Å²) in [5.74, 6) is 0. The van der Waals surface area contributed by atoms with Crippen LogP contribution in [-0.4, -0.2) is 40.9 Å². The Morgan fingerprint density at radius 2 is 2.06 bits per heavy atom. The first-order valence-electron chi connectivity index (χ1n) is 8.93. The third-order valence-corrected chi connectivity index (χ3v) is 4.45. The maximum absolute atomic E-state index is 9.85. The Bertz CT molecular complexity index is 1000. The number of hydrogen-bond acceptors (Lipinski definition) is 6. The molecule has 0 atom stereocenters. The molecule has 0 bridgehead atoms. The monoisotopic (exact) mass is 446 g/mol. The Hall–Kier alpha value is -1.96. The summed E-state index contributed by atoms with van der Waals surface area (Å²) >= 11 is 0. The molecule has 0 radical (unpaired) electrons. The van der Waals surface area contributed by atoms with Gasteiger partial charge in [0.2, 0.25) is 0 Å². The molecule has 1 aliphatic rings. The molecule has 8 nitrogen and oxygen atoms in total. The molecule has 160 valence electrons. The van der Waals surface area contributed by atoms with E-state index in [1.54, 1.807) is 16.9 Å². The minimum atomic E-state index is -0.407. The van der Waals surface area contributed by atoms with Crippen molar-refractivity contribution in [2.45, 2.75) is 25.3 Å². The molecule has 1 amide bonds. The van der Waals surface area contributed by atoms with Gasteiger partial charge in [0.05, 0.1) is 30.1 Å². The van der Waals surface area contributed by atoms with Crippen LogP contribution < -0.4 is 62.0 Å². The first-order chi connectivity index (χ1) is 13.6. The Labute approximate surface area is 226 Å².